The number of hydrogen-bond donors (Lipinski definition) is 0. The van der Waals surface area contributed by atoms with Crippen molar-refractivity contribution in [3.05, 3.63) is 34.6 Å². The van der Waals surface area contributed by atoms with Gasteiger partial charge in [0.1, 0.15) is 5.82 Å². The van der Waals surface area contributed by atoms with Crippen LogP contribution in [0.3, 0.4) is 0 Å². The van der Waals surface area contributed by atoms with E-state index in [1.807, 2.05) is 0 Å². The summed E-state index contributed by atoms with van der Waals surface area (Å²) in [4.78, 5) is 11.0. The molecule has 0 heterocycles. The lowest BCUT2D eigenvalue weighted by Gasteiger charge is -2.03. The number of carbonyl (C=O) groups excluding carboxylic acids is 1. The minimum absolute atomic E-state index is 0.179. The largest absolute Gasteiger partial charge is 0.293 e. The zero-order valence-corrected chi connectivity index (χ0v) is 9.19. The third kappa shape index (κ3) is 2.78. The number of rotatable bonds is 2. The van der Waals surface area contributed by atoms with Gasteiger partial charge in [-0.05, 0) is 25.1 Å². The van der Waals surface area contributed by atoms with Crippen molar-refractivity contribution in [1.82, 2.24) is 0 Å². The summed E-state index contributed by atoms with van der Waals surface area (Å²) >= 11 is 8.70. The number of alkyl halides is 1. The molecular weight excluding hydrogens is 258 g/mol. The van der Waals surface area contributed by atoms with E-state index in [2.05, 4.69) is 15.9 Å². The molecule has 0 aromatic heterocycles. The molecule has 0 amide bonds. The van der Waals surface area contributed by atoms with Crippen molar-refractivity contribution >= 4 is 33.3 Å². The van der Waals surface area contributed by atoms with Crippen LogP contribution in [0.15, 0.2) is 18.2 Å². The van der Waals surface area contributed by atoms with Gasteiger partial charge in [-0.1, -0.05) is 27.5 Å². The van der Waals surface area contributed by atoms with Crippen LogP contribution in [-0.4, -0.2) is 10.6 Å². The summed E-state index contributed by atoms with van der Waals surface area (Å²) in [5, 5.41) is 0.233. The van der Waals surface area contributed by atoms with E-state index in [9.17, 15) is 9.18 Å². The molecule has 0 N–H and O–H groups in total. The van der Waals surface area contributed by atoms with Crippen molar-refractivity contribution in [2.24, 2.45) is 0 Å². The Hall–Kier alpha value is -0.410. The zero-order chi connectivity index (χ0) is 10.0. The van der Waals surface area contributed by atoms with Crippen molar-refractivity contribution in [3.63, 3.8) is 0 Å². The standard InChI is InChI=1S/C9H7BrClFO/c1-5(10)9(13)6-2-7(11)4-8(12)3-6/h2-5H,1H3. The maximum Gasteiger partial charge on any atom is 0.176 e. The van der Waals surface area contributed by atoms with E-state index in [0.717, 1.165) is 6.07 Å². The molecule has 0 aliphatic rings. The molecule has 4 heteroatoms. The average molecular weight is 266 g/mol. The van der Waals surface area contributed by atoms with Crippen LogP contribution in [-0.2, 0) is 0 Å². The third-order valence-electron chi connectivity index (χ3n) is 1.51. The molecule has 0 aliphatic carbocycles. The molecule has 1 rings (SSSR count). The first-order chi connectivity index (χ1) is 6.00. The lowest BCUT2D eigenvalue weighted by Crippen LogP contribution is -2.10. The van der Waals surface area contributed by atoms with Crippen molar-refractivity contribution in [3.8, 4) is 0 Å². The highest BCUT2D eigenvalue weighted by molar-refractivity contribution is 9.10. The molecule has 70 valence electrons. The van der Waals surface area contributed by atoms with Crippen LogP contribution >= 0.6 is 27.5 Å². The second-order valence-corrected chi connectivity index (χ2v) is 4.45. The van der Waals surface area contributed by atoms with Crippen molar-refractivity contribution in [2.45, 2.75) is 11.8 Å². The van der Waals surface area contributed by atoms with Crippen molar-refractivity contribution in [2.75, 3.05) is 0 Å². The first-order valence-electron chi connectivity index (χ1n) is 3.65. The molecule has 1 nitrogen and oxygen atoms in total. The van der Waals surface area contributed by atoms with Gasteiger partial charge in [-0.25, -0.2) is 4.39 Å². The fraction of sp³-hybridized carbons (Fsp3) is 0.222. The SMILES string of the molecule is CC(Br)C(=O)c1cc(F)cc(Cl)c1. The summed E-state index contributed by atoms with van der Waals surface area (Å²) in [7, 11) is 0. The number of Topliss-reactive ketones (excluding diaryl/α,β-unsaturated/α-hetero) is 1. The number of benzene rings is 1. The van der Waals surface area contributed by atoms with E-state index >= 15 is 0 Å². The predicted molar refractivity (Wildman–Crippen MR) is 54.1 cm³/mol. The molecule has 0 saturated carbocycles. The Balaban J connectivity index is 3.08. The molecule has 1 aromatic carbocycles. The third-order valence-corrected chi connectivity index (χ3v) is 2.14. The van der Waals surface area contributed by atoms with Crippen LogP contribution in [0.25, 0.3) is 0 Å². The van der Waals surface area contributed by atoms with Gasteiger partial charge in [0.25, 0.3) is 0 Å². The minimum Gasteiger partial charge on any atom is -0.293 e. The van der Waals surface area contributed by atoms with Crippen molar-refractivity contribution < 1.29 is 9.18 Å². The monoisotopic (exact) mass is 264 g/mol. The summed E-state index contributed by atoms with van der Waals surface area (Å²) in [6, 6.07) is 3.79. The Morgan fingerprint density at radius 3 is 2.62 bits per heavy atom. The smallest absolute Gasteiger partial charge is 0.176 e. The van der Waals surface area contributed by atoms with Gasteiger partial charge >= 0.3 is 0 Å². The first-order valence-corrected chi connectivity index (χ1v) is 4.94. The van der Waals surface area contributed by atoms with E-state index in [1.54, 1.807) is 6.92 Å². The predicted octanol–water partition coefficient (Wildman–Crippen LogP) is 3.45. The molecule has 1 aromatic rings. The van der Waals surface area contributed by atoms with E-state index < -0.39 is 5.82 Å². The van der Waals surface area contributed by atoms with Gasteiger partial charge < -0.3 is 0 Å². The van der Waals surface area contributed by atoms with Gasteiger partial charge in [-0.3, -0.25) is 4.79 Å². The average Bonchev–Trinajstić information content (AvgIpc) is 2.01. The molecule has 0 fully saturated rings. The van der Waals surface area contributed by atoms with Gasteiger partial charge in [-0.2, -0.15) is 0 Å². The topological polar surface area (TPSA) is 17.1 Å². The Labute approximate surface area is 89.0 Å². The van der Waals surface area contributed by atoms with Gasteiger partial charge in [-0.15, -0.1) is 0 Å². The normalized spacial score (nSPS) is 12.6. The lowest BCUT2D eigenvalue weighted by atomic mass is 10.1. The number of carbonyl (C=O) groups is 1. The van der Waals surface area contributed by atoms with Crippen LogP contribution in [0, 0.1) is 5.82 Å². The lowest BCUT2D eigenvalue weighted by molar-refractivity contribution is 0.0995. The quantitative estimate of drug-likeness (QED) is 0.591. The summed E-state index contributed by atoms with van der Waals surface area (Å²) in [5.41, 5.74) is 0.286. The highest BCUT2D eigenvalue weighted by Gasteiger charge is 2.13. The van der Waals surface area contributed by atoms with Crippen molar-refractivity contribution in [1.29, 1.82) is 0 Å². The highest BCUT2D eigenvalue weighted by Crippen LogP contribution is 2.17. The van der Waals surface area contributed by atoms with E-state index in [-0.39, 0.29) is 21.2 Å². The molecule has 0 spiro atoms. The summed E-state index contributed by atoms with van der Waals surface area (Å²) in [6.07, 6.45) is 0. The van der Waals surface area contributed by atoms with Crippen LogP contribution in [0.2, 0.25) is 5.02 Å². The fourth-order valence-corrected chi connectivity index (χ4v) is 1.41. The molecule has 0 radical (unpaired) electrons. The molecule has 1 unspecified atom stereocenters. The maximum atomic E-state index is 12.8. The fourth-order valence-electron chi connectivity index (χ4n) is 0.926. The van der Waals surface area contributed by atoms with Gasteiger partial charge in [0.15, 0.2) is 5.78 Å². The number of halogens is 3. The second-order valence-electron chi connectivity index (χ2n) is 2.64. The van der Waals surface area contributed by atoms with Crippen LogP contribution in [0.4, 0.5) is 4.39 Å². The second kappa shape index (κ2) is 4.20. The Morgan fingerprint density at radius 2 is 2.15 bits per heavy atom. The summed E-state index contributed by atoms with van der Waals surface area (Å²) in [5.74, 6) is -0.676. The highest BCUT2D eigenvalue weighted by atomic mass is 79.9. The molecule has 0 bridgehead atoms. The van der Waals surface area contributed by atoms with Crippen LogP contribution in [0.1, 0.15) is 17.3 Å². The maximum absolute atomic E-state index is 12.8. The molecule has 0 saturated heterocycles. The Morgan fingerprint density at radius 1 is 1.54 bits per heavy atom. The molecule has 13 heavy (non-hydrogen) atoms. The van der Waals surface area contributed by atoms with E-state index in [0.29, 0.717) is 0 Å². The zero-order valence-electron chi connectivity index (χ0n) is 6.85. The number of hydrogen-bond acceptors (Lipinski definition) is 1. The van der Waals surface area contributed by atoms with Gasteiger partial charge in [0.2, 0.25) is 0 Å². The van der Waals surface area contributed by atoms with Gasteiger partial charge in [0.05, 0.1) is 4.83 Å². The van der Waals surface area contributed by atoms with Crippen LogP contribution in [0.5, 0.6) is 0 Å². The first kappa shape index (κ1) is 10.7. The Bertz CT molecular complexity index is 318. The minimum atomic E-state index is -0.496. The Kier molecular flexibility index (Phi) is 3.45. The van der Waals surface area contributed by atoms with Gasteiger partial charge in [0, 0.05) is 10.6 Å². The van der Waals surface area contributed by atoms with E-state index in [1.165, 1.54) is 12.1 Å². The van der Waals surface area contributed by atoms with E-state index in [4.69, 9.17) is 11.6 Å². The van der Waals surface area contributed by atoms with Crippen LogP contribution < -0.4 is 0 Å². The molecule has 0 aliphatic heterocycles. The molecular formula is C9H7BrClFO. The summed E-state index contributed by atoms with van der Waals surface area (Å²) in [6.45, 7) is 1.68. The summed E-state index contributed by atoms with van der Waals surface area (Å²) < 4.78 is 12.8. The number of ketones is 1. The molecule has 1 atom stereocenters.